The monoisotopic (exact) mass is 301 g/mol. The van der Waals surface area contributed by atoms with E-state index in [1.807, 2.05) is 30.3 Å². The van der Waals surface area contributed by atoms with E-state index in [0.29, 0.717) is 11.3 Å². The van der Waals surface area contributed by atoms with Crippen molar-refractivity contribution in [3.8, 4) is 0 Å². The number of aromatic nitrogens is 2. The first kappa shape index (κ1) is 15.8. The van der Waals surface area contributed by atoms with Crippen LogP contribution in [0.2, 0.25) is 0 Å². The van der Waals surface area contributed by atoms with Gasteiger partial charge in [0.15, 0.2) is 0 Å². The van der Waals surface area contributed by atoms with Gasteiger partial charge in [-0.3, -0.25) is 9.48 Å². The molecule has 0 aliphatic heterocycles. The average molecular weight is 301 g/mol. The lowest BCUT2D eigenvalue weighted by Gasteiger charge is -2.24. The van der Waals surface area contributed by atoms with Crippen molar-refractivity contribution in [3.63, 3.8) is 0 Å². The molecule has 116 valence electrons. The van der Waals surface area contributed by atoms with Crippen LogP contribution in [0.25, 0.3) is 0 Å². The van der Waals surface area contributed by atoms with Gasteiger partial charge in [-0.05, 0) is 12.5 Å². The number of aryl methyl sites for hydroxylation is 2. The summed E-state index contributed by atoms with van der Waals surface area (Å²) in [4.78, 5) is 25.3. The third-order valence-corrected chi connectivity index (χ3v) is 3.59. The number of carboxylic acid groups (broad SMARTS) is 1. The van der Waals surface area contributed by atoms with Gasteiger partial charge in [0.2, 0.25) is 0 Å². The fourth-order valence-electron chi connectivity index (χ4n) is 2.37. The predicted octanol–water partition coefficient (Wildman–Crippen LogP) is 1.50. The van der Waals surface area contributed by atoms with E-state index >= 15 is 0 Å². The molecule has 1 atom stereocenters. The average Bonchev–Trinajstić information content (AvgIpc) is 2.82. The second-order valence-electron chi connectivity index (χ2n) is 5.26. The van der Waals surface area contributed by atoms with E-state index in [2.05, 4.69) is 5.10 Å². The van der Waals surface area contributed by atoms with Crippen LogP contribution in [0, 0.1) is 6.92 Å². The third kappa shape index (κ3) is 3.33. The lowest BCUT2D eigenvalue weighted by molar-refractivity contribution is -0.141. The van der Waals surface area contributed by atoms with Crippen molar-refractivity contribution in [1.29, 1.82) is 0 Å². The van der Waals surface area contributed by atoms with Crippen molar-refractivity contribution in [1.82, 2.24) is 14.7 Å². The molecule has 1 aromatic carbocycles. The highest BCUT2D eigenvalue weighted by Gasteiger charge is 2.29. The maximum absolute atomic E-state index is 12.5. The summed E-state index contributed by atoms with van der Waals surface area (Å²) in [5.41, 5.74) is 1.88. The molecule has 2 rings (SSSR count). The summed E-state index contributed by atoms with van der Waals surface area (Å²) in [5.74, 6) is -1.37. The maximum atomic E-state index is 12.5. The largest absolute Gasteiger partial charge is 0.480 e. The second-order valence-corrected chi connectivity index (χ2v) is 5.26. The number of carbonyl (C=O) groups excluding carboxylic acids is 1. The molecular formula is C16H19N3O3. The third-order valence-electron chi connectivity index (χ3n) is 3.59. The lowest BCUT2D eigenvalue weighted by atomic mass is 10.0. The van der Waals surface area contributed by atoms with E-state index in [1.165, 1.54) is 11.9 Å². The zero-order valence-corrected chi connectivity index (χ0v) is 12.9. The van der Waals surface area contributed by atoms with Crippen molar-refractivity contribution in [3.05, 3.63) is 53.3 Å². The van der Waals surface area contributed by atoms with Crippen LogP contribution in [-0.2, 0) is 18.3 Å². The van der Waals surface area contributed by atoms with Crippen molar-refractivity contribution >= 4 is 11.9 Å². The molecule has 0 saturated heterocycles. The number of hydrogen-bond donors (Lipinski definition) is 1. The Morgan fingerprint density at radius 1 is 1.32 bits per heavy atom. The molecule has 0 aliphatic rings. The van der Waals surface area contributed by atoms with Gasteiger partial charge in [-0.25, -0.2) is 4.79 Å². The quantitative estimate of drug-likeness (QED) is 0.908. The van der Waals surface area contributed by atoms with E-state index in [4.69, 9.17) is 0 Å². The topological polar surface area (TPSA) is 75.4 Å². The van der Waals surface area contributed by atoms with E-state index in [1.54, 1.807) is 24.9 Å². The highest BCUT2D eigenvalue weighted by atomic mass is 16.4. The summed E-state index contributed by atoms with van der Waals surface area (Å²) >= 11 is 0. The Morgan fingerprint density at radius 2 is 1.95 bits per heavy atom. The molecule has 0 bridgehead atoms. The molecule has 0 radical (unpaired) electrons. The first-order valence-corrected chi connectivity index (χ1v) is 6.94. The van der Waals surface area contributed by atoms with Crippen LogP contribution in [0.15, 0.2) is 36.5 Å². The normalized spacial score (nSPS) is 12.0. The molecule has 1 amide bonds. The summed E-state index contributed by atoms with van der Waals surface area (Å²) in [5, 5.41) is 13.6. The number of benzene rings is 1. The molecule has 6 nitrogen and oxygen atoms in total. The Kier molecular flexibility index (Phi) is 4.60. The highest BCUT2D eigenvalue weighted by molar-refractivity contribution is 5.97. The number of carbonyl (C=O) groups is 2. The van der Waals surface area contributed by atoms with Crippen molar-refractivity contribution in [2.75, 3.05) is 7.05 Å². The SMILES string of the molecule is Cc1nn(C)cc1C(=O)N(C)C(Cc1ccccc1)C(=O)O. The summed E-state index contributed by atoms with van der Waals surface area (Å²) in [6.45, 7) is 1.73. The van der Waals surface area contributed by atoms with Gasteiger partial charge >= 0.3 is 5.97 Å². The molecule has 1 heterocycles. The molecular weight excluding hydrogens is 282 g/mol. The molecule has 0 spiro atoms. The van der Waals surface area contributed by atoms with Gasteiger partial charge in [0.1, 0.15) is 6.04 Å². The zero-order valence-electron chi connectivity index (χ0n) is 12.9. The molecule has 0 fully saturated rings. The number of carboxylic acids is 1. The molecule has 1 aromatic heterocycles. The molecule has 2 aromatic rings. The van der Waals surface area contributed by atoms with Gasteiger partial charge in [0.25, 0.3) is 5.91 Å². The predicted molar refractivity (Wildman–Crippen MR) is 81.6 cm³/mol. The van der Waals surface area contributed by atoms with Crippen LogP contribution in [0.1, 0.15) is 21.6 Å². The van der Waals surface area contributed by atoms with Crippen LogP contribution in [0.5, 0.6) is 0 Å². The molecule has 6 heteroatoms. The van der Waals surface area contributed by atoms with E-state index in [-0.39, 0.29) is 12.3 Å². The summed E-state index contributed by atoms with van der Waals surface area (Å²) in [6.07, 6.45) is 1.87. The summed E-state index contributed by atoms with van der Waals surface area (Å²) in [6, 6.07) is 8.35. The highest BCUT2D eigenvalue weighted by Crippen LogP contribution is 2.14. The van der Waals surface area contributed by atoms with Crippen molar-refractivity contribution in [2.45, 2.75) is 19.4 Å². The Bertz CT molecular complexity index is 679. The smallest absolute Gasteiger partial charge is 0.326 e. The van der Waals surface area contributed by atoms with Gasteiger partial charge in [0.05, 0.1) is 11.3 Å². The van der Waals surface area contributed by atoms with Crippen LogP contribution >= 0.6 is 0 Å². The van der Waals surface area contributed by atoms with E-state index in [0.717, 1.165) is 5.56 Å². The fourth-order valence-corrected chi connectivity index (χ4v) is 2.37. The minimum absolute atomic E-state index is 0.262. The van der Waals surface area contributed by atoms with Gasteiger partial charge in [0, 0.05) is 26.7 Å². The number of aliphatic carboxylic acids is 1. The van der Waals surface area contributed by atoms with Gasteiger partial charge in [-0.2, -0.15) is 5.10 Å². The van der Waals surface area contributed by atoms with Crippen LogP contribution in [0.4, 0.5) is 0 Å². The Morgan fingerprint density at radius 3 is 2.45 bits per heavy atom. The number of amides is 1. The lowest BCUT2D eigenvalue weighted by Crippen LogP contribution is -2.44. The van der Waals surface area contributed by atoms with Crippen LogP contribution in [-0.4, -0.2) is 44.8 Å². The van der Waals surface area contributed by atoms with Crippen molar-refractivity contribution < 1.29 is 14.7 Å². The first-order chi connectivity index (χ1) is 10.4. The minimum Gasteiger partial charge on any atom is -0.480 e. The van der Waals surface area contributed by atoms with Gasteiger partial charge < -0.3 is 10.0 Å². The van der Waals surface area contributed by atoms with Gasteiger partial charge in [-0.1, -0.05) is 30.3 Å². The maximum Gasteiger partial charge on any atom is 0.326 e. The standard InChI is InChI=1S/C16H19N3O3/c1-11-13(10-18(2)17-11)15(20)19(3)14(16(21)22)9-12-7-5-4-6-8-12/h4-8,10,14H,9H2,1-3H3,(H,21,22). The van der Waals surface area contributed by atoms with Crippen LogP contribution < -0.4 is 0 Å². The minimum atomic E-state index is -1.03. The fraction of sp³-hybridized carbons (Fsp3) is 0.312. The molecule has 0 saturated carbocycles. The molecule has 0 aliphatic carbocycles. The number of hydrogen-bond acceptors (Lipinski definition) is 3. The second kappa shape index (κ2) is 6.43. The number of rotatable bonds is 5. The van der Waals surface area contributed by atoms with Gasteiger partial charge in [-0.15, -0.1) is 0 Å². The van der Waals surface area contributed by atoms with E-state index in [9.17, 15) is 14.7 Å². The molecule has 1 N–H and O–H groups in total. The number of likely N-dealkylation sites (N-methyl/N-ethyl adjacent to an activating group) is 1. The Labute approximate surface area is 129 Å². The van der Waals surface area contributed by atoms with Crippen LogP contribution in [0.3, 0.4) is 0 Å². The summed E-state index contributed by atoms with van der Waals surface area (Å²) < 4.78 is 1.55. The van der Waals surface area contributed by atoms with Crippen molar-refractivity contribution in [2.24, 2.45) is 7.05 Å². The van der Waals surface area contributed by atoms with E-state index < -0.39 is 12.0 Å². The number of nitrogens with zero attached hydrogens (tertiary/aromatic N) is 3. The summed E-state index contributed by atoms with van der Waals surface area (Å²) in [7, 11) is 3.24. The Hall–Kier alpha value is -2.63. The Balaban J connectivity index is 2.23. The molecule has 22 heavy (non-hydrogen) atoms. The zero-order chi connectivity index (χ0) is 16.3. The first-order valence-electron chi connectivity index (χ1n) is 6.94. The molecule has 1 unspecified atom stereocenters.